The number of quaternary nitrogens is 1. The van der Waals surface area contributed by atoms with Crippen LogP contribution in [0.5, 0.6) is 0 Å². The van der Waals surface area contributed by atoms with Crippen LogP contribution in [0.25, 0.3) is 0 Å². The molecule has 0 saturated carbocycles. The minimum atomic E-state index is -1.16. The van der Waals surface area contributed by atoms with Crippen LogP contribution in [0.1, 0.15) is 43.2 Å². The molecule has 2 aliphatic rings. The number of aliphatic hydroxyl groups is 1. The Labute approximate surface area is 189 Å². The largest absolute Gasteiger partial charge is 1.00 e. The maximum atomic E-state index is 14.4. The number of rotatable bonds is 6. The second-order valence-electron chi connectivity index (χ2n) is 9.82. The summed E-state index contributed by atoms with van der Waals surface area (Å²) >= 11 is 0. The molecule has 5 heteroatoms. The summed E-state index contributed by atoms with van der Waals surface area (Å²) < 4.78 is 29.8. The van der Waals surface area contributed by atoms with Crippen molar-refractivity contribution in [2.45, 2.75) is 62.6 Å². The second-order valence-corrected chi connectivity index (χ2v) is 9.82. The lowest BCUT2D eigenvalue weighted by Crippen LogP contribution is -3.00. The average molecular weight is 480 g/mol. The molecular weight excluding hydrogens is 448 g/mol. The van der Waals surface area contributed by atoms with Crippen molar-refractivity contribution in [3.8, 4) is 0 Å². The fraction of sp³-hybridized carbons (Fsp3) is 0.520. The third kappa shape index (κ3) is 4.79. The summed E-state index contributed by atoms with van der Waals surface area (Å²) in [6.45, 7) is 0. The van der Waals surface area contributed by atoms with Crippen LogP contribution < -0.4 is 17.0 Å². The lowest BCUT2D eigenvalue weighted by Gasteiger charge is -2.46. The minimum absolute atomic E-state index is 0. The molecule has 1 N–H and O–H groups in total. The van der Waals surface area contributed by atoms with E-state index in [1.807, 2.05) is 0 Å². The molecule has 2 bridgehead atoms. The summed E-state index contributed by atoms with van der Waals surface area (Å²) in [6, 6.07) is 14.5. The van der Waals surface area contributed by atoms with Gasteiger partial charge in [-0.25, -0.2) is 8.78 Å². The van der Waals surface area contributed by atoms with Gasteiger partial charge in [-0.1, -0.05) is 36.4 Å². The molecule has 2 nitrogen and oxygen atoms in total. The van der Waals surface area contributed by atoms with Crippen molar-refractivity contribution in [3.05, 3.63) is 71.3 Å². The number of hydrogen-bond donors (Lipinski definition) is 1. The van der Waals surface area contributed by atoms with Crippen molar-refractivity contribution in [3.63, 3.8) is 0 Å². The van der Waals surface area contributed by atoms with Crippen LogP contribution in [0.4, 0.5) is 8.78 Å². The first-order chi connectivity index (χ1) is 13.8. The van der Waals surface area contributed by atoms with Gasteiger partial charge in [0, 0.05) is 38.5 Å². The van der Waals surface area contributed by atoms with E-state index in [2.05, 4.69) is 14.1 Å². The molecule has 4 rings (SSSR count). The van der Waals surface area contributed by atoms with Gasteiger partial charge in [-0.3, -0.25) is 0 Å². The van der Waals surface area contributed by atoms with E-state index in [1.54, 1.807) is 36.4 Å². The number of benzene rings is 2. The van der Waals surface area contributed by atoms with Gasteiger partial charge >= 0.3 is 0 Å². The topological polar surface area (TPSA) is 20.2 Å². The third-order valence-electron chi connectivity index (χ3n) is 7.55. The van der Waals surface area contributed by atoms with Gasteiger partial charge in [-0.15, -0.1) is 0 Å². The Kier molecular flexibility index (Phi) is 7.05. The van der Waals surface area contributed by atoms with E-state index in [-0.39, 0.29) is 41.5 Å². The summed E-state index contributed by atoms with van der Waals surface area (Å²) in [4.78, 5) is 0. The van der Waals surface area contributed by atoms with Gasteiger partial charge in [0.2, 0.25) is 0 Å². The van der Waals surface area contributed by atoms with E-state index in [0.717, 1.165) is 17.3 Å². The van der Waals surface area contributed by atoms with E-state index in [1.165, 1.54) is 25.0 Å². The number of halogens is 3. The van der Waals surface area contributed by atoms with Crippen LogP contribution >= 0.6 is 0 Å². The van der Waals surface area contributed by atoms with Crippen LogP contribution in [-0.4, -0.2) is 41.4 Å². The van der Waals surface area contributed by atoms with Crippen molar-refractivity contribution in [2.75, 3.05) is 14.1 Å². The van der Waals surface area contributed by atoms with Gasteiger partial charge in [0.15, 0.2) is 0 Å². The van der Waals surface area contributed by atoms with Crippen LogP contribution in [0, 0.1) is 17.6 Å². The van der Waals surface area contributed by atoms with Gasteiger partial charge < -0.3 is 26.6 Å². The van der Waals surface area contributed by atoms with Crippen molar-refractivity contribution < 1.29 is 35.4 Å². The summed E-state index contributed by atoms with van der Waals surface area (Å²) in [5, 5.41) is 11.7. The standard InChI is InChI=1S/C25H32F2NO.BrH/c1-28(2)21-11-12-22(28)14-18(13-21)15-25(29,16-19-7-3-5-9-23(19)26)17-20-8-4-6-10-24(20)27;/h3-10,18,21-22,29H,11-17H2,1-2H3;1H/q+1;/p-1. The number of piperidine rings is 1. The summed E-state index contributed by atoms with van der Waals surface area (Å²) in [5.74, 6) is -0.218. The van der Waals surface area contributed by atoms with Crippen LogP contribution in [-0.2, 0) is 12.8 Å². The molecule has 2 atom stereocenters. The molecule has 0 spiro atoms. The third-order valence-corrected chi connectivity index (χ3v) is 7.55. The second kappa shape index (κ2) is 9.05. The Morgan fingerprint density at radius 2 is 1.30 bits per heavy atom. The fourth-order valence-electron chi connectivity index (χ4n) is 5.90. The summed E-state index contributed by atoms with van der Waals surface area (Å²) in [6.07, 6.45) is 5.65. The first-order valence-corrected chi connectivity index (χ1v) is 10.8. The Hall–Kier alpha value is -1.30. The summed E-state index contributed by atoms with van der Waals surface area (Å²) in [7, 11) is 4.65. The Morgan fingerprint density at radius 1 is 0.867 bits per heavy atom. The van der Waals surface area contributed by atoms with Crippen LogP contribution in [0.2, 0.25) is 0 Å². The maximum absolute atomic E-state index is 14.4. The molecule has 2 saturated heterocycles. The van der Waals surface area contributed by atoms with Crippen molar-refractivity contribution in [1.29, 1.82) is 0 Å². The maximum Gasteiger partial charge on any atom is 0.126 e. The first-order valence-electron chi connectivity index (χ1n) is 10.8. The Morgan fingerprint density at radius 3 is 1.73 bits per heavy atom. The molecule has 164 valence electrons. The monoisotopic (exact) mass is 479 g/mol. The highest BCUT2D eigenvalue weighted by atomic mass is 79.9. The zero-order chi connectivity index (χ0) is 20.6. The lowest BCUT2D eigenvalue weighted by atomic mass is 9.76. The molecule has 0 amide bonds. The van der Waals surface area contributed by atoms with Crippen molar-refractivity contribution >= 4 is 0 Å². The minimum Gasteiger partial charge on any atom is -1.00 e. The van der Waals surface area contributed by atoms with Gasteiger partial charge in [-0.05, 0) is 35.6 Å². The summed E-state index contributed by atoms with van der Waals surface area (Å²) in [5.41, 5.74) is -0.161. The molecule has 2 unspecified atom stereocenters. The zero-order valence-corrected chi connectivity index (χ0v) is 19.4. The molecule has 0 radical (unpaired) electrons. The zero-order valence-electron chi connectivity index (χ0n) is 17.8. The van der Waals surface area contributed by atoms with Crippen LogP contribution in [0.3, 0.4) is 0 Å². The first kappa shape index (κ1) is 23.4. The van der Waals surface area contributed by atoms with E-state index in [4.69, 9.17) is 0 Å². The van der Waals surface area contributed by atoms with E-state index in [0.29, 0.717) is 35.5 Å². The molecule has 2 aromatic carbocycles. The normalized spacial score (nSPS) is 25.0. The molecule has 0 aliphatic carbocycles. The highest BCUT2D eigenvalue weighted by Crippen LogP contribution is 2.45. The predicted octanol–water partition coefficient (Wildman–Crippen LogP) is 1.89. The van der Waals surface area contributed by atoms with Crippen molar-refractivity contribution in [2.24, 2.45) is 5.92 Å². The molecule has 2 heterocycles. The number of nitrogens with zero attached hydrogens (tertiary/aromatic N) is 1. The quantitative estimate of drug-likeness (QED) is 0.627. The molecule has 30 heavy (non-hydrogen) atoms. The average Bonchev–Trinajstić information content (AvgIpc) is 2.83. The van der Waals surface area contributed by atoms with Gasteiger partial charge in [0.05, 0.1) is 31.8 Å². The Balaban J connectivity index is 0.00000256. The highest BCUT2D eigenvalue weighted by molar-refractivity contribution is 5.24. The molecule has 2 aromatic rings. The van der Waals surface area contributed by atoms with Gasteiger partial charge in [0.25, 0.3) is 0 Å². The van der Waals surface area contributed by atoms with E-state index >= 15 is 0 Å². The molecule has 2 aliphatic heterocycles. The van der Waals surface area contributed by atoms with Crippen molar-refractivity contribution in [1.82, 2.24) is 0 Å². The molecule has 2 fully saturated rings. The number of hydrogen-bond acceptors (Lipinski definition) is 1. The predicted molar refractivity (Wildman–Crippen MR) is 111 cm³/mol. The Bertz CT molecular complexity index is 808. The lowest BCUT2D eigenvalue weighted by molar-refractivity contribution is -0.931. The van der Waals surface area contributed by atoms with Gasteiger partial charge in [0.1, 0.15) is 11.6 Å². The smallest absolute Gasteiger partial charge is 0.126 e. The van der Waals surface area contributed by atoms with Crippen LogP contribution in [0.15, 0.2) is 48.5 Å². The van der Waals surface area contributed by atoms with E-state index in [9.17, 15) is 13.9 Å². The van der Waals surface area contributed by atoms with Gasteiger partial charge in [-0.2, -0.15) is 0 Å². The highest BCUT2D eigenvalue weighted by Gasteiger charge is 2.50. The SMILES string of the molecule is C[N+]1(C)C2CCC1CC(CC(O)(Cc1ccccc1F)Cc1ccccc1F)C2.[Br-]. The fourth-order valence-corrected chi connectivity index (χ4v) is 5.90. The van der Waals surface area contributed by atoms with E-state index < -0.39 is 5.60 Å². The molecular formula is C25H32BrF2NO. The number of fused-ring (bicyclic) bond motifs is 2. The molecule has 0 aromatic heterocycles.